The maximum Gasteiger partial charge on any atom is 0.340 e. The lowest BCUT2D eigenvalue weighted by Gasteiger charge is -2.26. The lowest BCUT2D eigenvalue weighted by atomic mass is 9.90. The second kappa shape index (κ2) is 7.94. The quantitative estimate of drug-likeness (QED) is 0.333. The van der Waals surface area contributed by atoms with E-state index in [1.165, 1.54) is 36.4 Å². The Labute approximate surface area is 166 Å². The normalized spacial score (nSPS) is 30.0. The molecule has 7 nitrogen and oxygen atoms in total. The fraction of sp³-hybridized carbons (Fsp3) is 0.273. The van der Waals surface area contributed by atoms with Crippen molar-refractivity contribution < 1.29 is 34.8 Å². The van der Waals surface area contributed by atoms with Gasteiger partial charge in [-0.25, -0.2) is 9.59 Å². The highest BCUT2D eigenvalue weighted by molar-refractivity contribution is 6.02. The molecule has 3 rings (SSSR count). The van der Waals surface area contributed by atoms with Crippen LogP contribution in [0.4, 0.5) is 0 Å². The summed E-state index contributed by atoms with van der Waals surface area (Å²) in [6.07, 6.45) is -1.39. The Balaban J connectivity index is 1.93. The fourth-order valence-electron chi connectivity index (χ4n) is 3.12. The van der Waals surface area contributed by atoms with Crippen molar-refractivity contribution in [1.82, 2.24) is 0 Å². The van der Waals surface area contributed by atoms with Crippen molar-refractivity contribution in [2.75, 3.05) is 0 Å². The fourth-order valence-corrected chi connectivity index (χ4v) is 3.12. The minimum Gasteiger partial charge on any atom is -0.478 e. The molecule has 7 heteroatoms. The third-order valence-electron chi connectivity index (χ3n) is 4.78. The zero-order valence-corrected chi connectivity index (χ0v) is 15.2. The highest BCUT2D eigenvalue weighted by Crippen LogP contribution is 2.34. The van der Waals surface area contributed by atoms with E-state index in [4.69, 9.17) is 4.74 Å². The van der Waals surface area contributed by atoms with Crippen LogP contribution in [0.25, 0.3) is 0 Å². The summed E-state index contributed by atoms with van der Waals surface area (Å²) < 4.78 is 5.40. The molecule has 148 valence electrons. The van der Waals surface area contributed by atoms with Gasteiger partial charge < -0.3 is 25.2 Å². The molecule has 0 unspecified atom stereocenters. The molecule has 1 aromatic rings. The van der Waals surface area contributed by atoms with Crippen molar-refractivity contribution in [1.29, 1.82) is 0 Å². The van der Waals surface area contributed by atoms with Crippen LogP contribution >= 0.6 is 0 Å². The smallest absolute Gasteiger partial charge is 0.340 e. The number of aliphatic hydroxyl groups excluding tert-OH is 2. The standard InChI is InChI=1S/C22H18O7/c1-2-13-9-10-14-12-17(23)19(24)22(14,28)11-5-8-18(13)29-21(27)16-7-4-3-6-15(16)20(25)26/h2-4,6-7,12-13,17-19,23-24,28H,1,11H2,(H,25,26)/t13-,17-,18+,19+,22+/m1/s1. The van der Waals surface area contributed by atoms with Crippen LogP contribution in [-0.2, 0) is 4.74 Å². The molecular formula is C22H18O7. The van der Waals surface area contributed by atoms with E-state index in [1.807, 2.05) is 0 Å². The summed E-state index contributed by atoms with van der Waals surface area (Å²) in [7, 11) is 0. The number of rotatable bonds is 4. The number of benzene rings is 1. The van der Waals surface area contributed by atoms with Gasteiger partial charge in [0.1, 0.15) is 17.8 Å². The number of esters is 1. The van der Waals surface area contributed by atoms with Crippen LogP contribution in [0.2, 0.25) is 0 Å². The monoisotopic (exact) mass is 394 g/mol. The maximum atomic E-state index is 12.6. The minimum atomic E-state index is -1.83. The Morgan fingerprint density at radius 1 is 1.21 bits per heavy atom. The van der Waals surface area contributed by atoms with Gasteiger partial charge in [-0.2, -0.15) is 0 Å². The molecule has 0 amide bonds. The average Bonchev–Trinajstić information content (AvgIpc) is 2.94. The van der Waals surface area contributed by atoms with Gasteiger partial charge >= 0.3 is 11.9 Å². The summed E-state index contributed by atoms with van der Waals surface area (Å²) in [4.78, 5) is 23.9. The van der Waals surface area contributed by atoms with Crippen molar-refractivity contribution >= 4 is 11.9 Å². The van der Waals surface area contributed by atoms with Gasteiger partial charge in [0.05, 0.1) is 17.0 Å². The molecule has 0 fully saturated rings. The van der Waals surface area contributed by atoms with Gasteiger partial charge in [-0.15, -0.1) is 6.58 Å². The predicted octanol–water partition coefficient (Wildman–Crippen LogP) is 0.516. The molecule has 0 spiro atoms. The molecule has 2 aliphatic rings. The molecule has 0 radical (unpaired) electrons. The van der Waals surface area contributed by atoms with E-state index in [2.05, 4.69) is 30.3 Å². The summed E-state index contributed by atoms with van der Waals surface area (Å²) in [6.45, 7) is 3.66. The second-order valence-corrected chi connectivity index (χ2v) is 6.65. The molecule has 0 heterocycles. The summed E-state index contributed by atoms with van der Waals surface area (Å²) in [5.41, 5.74) is -2.04. The molecule has 0 saturated heterocycles. The highest BCUT2D eigenvalue weighted by atomic mass is 16.5. The summed E-state index contributed by atoms with van der Waals surface area (Å²) in [5, 5.41) is 39.8. The number of carboxylic acid groups (broad SMARTS) is 1. The Morgan fingerprint density at radius 3 is 2.55 bits per heavy atom. The number of carbonyl (C=O) groups excluding carboxylic acids is 1. The number of carboxylic acids is 1. The zero-order chi connectivity index (χ0) is 21.2. The minimum absolute atomic E-state index is 0.127. The van der Waals surface area contributed by atoms with Crippen LogP contribution in [0.15, 0.2) is 48.6 Å². The summed E-state index contributed by atoms with van der Waals surface area (Å²) in [5.74, 6) is 7.93. The van der Waals surface area contributed by atoms with Gasteiger partial charge in [0.15, 0.2) is 6.10 Å². The first-order chi connectivity index (χ1) is 13.8. The van der Waals surface area contributed by atoms with Crippen LogP contribution in [0.5, 0.6) is 0 Å². The Morgan fingerprint density at radius 2 is 1.90 bits per heavy atom. The lowest BCUT2D eigenvalue weighted by molar-refractivity contribution is -0.0716. The van der Waals surface area contributed by atoms with Crippen LogP contribution in [0.3, 0.4) is 0 Å². The number of hydrogen-bond donors (Lipinski definition) is 4. The van der Waals surface area contributed by atoms with Crippen molar-refractivity contribution in [3.63, 3.8) is 0 Å². The topological polar surface area (TPSA) is 124 Å². The number of ether oxygens (including phenoxy) is 1. The largest absolute Gasteiger partial charge is 0.478 e. The molecular weight excluding hydrogens is 376 g/mol. The van der Waals surface area contributed by atoms with Crippen molar-refractivity contribution in [2.24, 2.45) is 5.92 Å². The Bertz CT molecular complexity index is 1020. The molecule has 0 aromatic heterocycles. The number of aromatic carboxylic acids is 1. The maximum absolute atomic E-state index is 12.6. The molecule has 1 aromatic carbocycles. The average molecular weight is 394 g/mol. The lowest BCUT2D eigenvalue weighted by Crippen LogP contribution is -2.44. The molecule has 29 heavy (non-hydrogen) atoms. The van der Waals surface area contributed by atoms with Crippen molar-refractivity contribution in [3.8, 4) is 23.7 Å². The SMILES string of the molecule is C=C[C@@H]1C#CC2=C[C@@H](O)[C@H](O)[C@]2(O)CC#C[C@@H]1OC(=O)c1ccccc1C(=O)O. The van der Waals surface area contributed by atoms with Crippen molar-refractivity contribution in [3.05, 3.63) is 59.7 Å². The van der Waals surface area contributed by atoms with Gasteiger partial charge in [-0.3, -0.25) is 0 Å². The van der Waals surface area contributed by atoms with Crippen LogP contribution in [0, 0.1) is 29.6 Å². The van der Waals surface area contributed by atoms with E-state index in [1.54, 1.807) is 0 Å². The van der Waals surface area contributed by atoms with Gasteiger partial charge in [0, 0.05) is 12.0 Å². The van der Waals surface area contributed by atoms with E-state index in [9.17, 15) is 30.0 Å². The molecule has 0 aliphatic heterocycles. The third-order valence-corrected chi connectivity index (χ3v) is 4.78. The second-order valence-electron chi connectivity index (χ2n) is 6.65. The first-order valence-electron chi connectivity index (χ1n) is 8.74. The molecule has 5 atom stereocenters. The Kier molecular flexibility index (Phi) is 5.58. The van der Waals surface area contributed by atoms with E-state index in [0.29, 0.717) is 0 Å². The van der Waals surface area contributed by atoms with Gasteiger partial charge in [0.2, 0.25) is 0 Å². The number of aliphatic hydroxyl groups is 3. The van der Waals surface area contributed by atoms with Crippen LogP contribution < -0.4 is 0 Å². The highest BCUT2D eigenvalue weighted by Gasteiger charge is 2.47. The van der Waals surface area contributed by atoms with E-state index >= 15 is 0 Å². The van der Waals surface area contributed by atoms with E-state index in [0.717, 1.165) is 0 Å². The number of hydrogen-bond acceptors (Lipinski definition) is 6. The van der Waals surface area contributed by atoms with Gasteiger partial charge in [-0.05, 0) is 18.2 Å². The van der Waals surface area contributed by atoms with E-state index in [-0.39, 0.29) is 23.1 Å². The molecule has 0 saturated carbocycles. The third kappa shape index (κ3) is 3.80. The van der Waals surface area contributed by atoms with Crippen LogP contribution in [0.1, 0.15) is 27.1 Å². The number of fused-ring (bicyclic) bond motifs is 1. The summed E-state index contributed by atoms with van der Waals surface area (Å²) >= 11 is 0. The zero-order valence-electron chi connectivity index (χ0n) is 15.2. The number of carbonyl (C=O) groups is 2. The van der Waals surface area contributed by atoms with E-state index < -0.39 is 41.8 Å². The molecule has 4 N–H and O–H groups in total. The van der Waals surface area contributed by atoms with Crippen molar-refractivity contribution in [2.45, 2.75) is 30.3 Å². The van der Waals surface area contributed by atoms with Gasteiger partial charge in [0.25, 0.3) is 0 Å². The first kappa shape index (κ1) is 20.4. The molecule has 0 bridgehead atoms. The van der Waals surface area contributed by atoms with Crippen LogP contribution in [-0.4, -0.2) is 56.3 Å². The summed E-state index contributed by atoms with van der Waals surface area (Å²) in [6, 6.07) is 5.62. The van der Waals surface area contributed by atoms with Gasteiger partial charge in [-0.1, -0.05) is 41.9 Å². The molecule has 2 aliphatic carbocycles. The first-order valence-corrected chi connectivity index (χ1v) is 8.74. The Hall–Kier alpha value is -3.36. The predicted molar refractivity (Wildman–Crippen MR) is 102 cm³/mol.